The molecule has 1 N–H and O–H groups in total. The number of hydrazine groups is 1. The third-order valence-electron chi connectivity index (χ3n) is 3.52. The van der Waals surface area contributed by atoms with Gasteiger partial charge in [-0.25, -0.2) is 5.01 Å². The summed E-state index contributed by atoms with van der Waals surface area (Å²) in [5, 5.41) is 8.22. The van der Waals surface area contributed by atoms with E-state index in [0.29, 0.717) is 0 Å². The van der Waals surface area contributed by atoms with Crippen LogP contribution in [0.1, 0.15) is 31.0 Å². The van der Waals surface area contributed by atoms with Gasteiger partial charge in [0.2, 0.25) is 0 Å². The van der Waals surface area contributed by atoms with Crippen LogP contribution in [0.5, 0.6) is 0 Å². The van der Waals surface area contributed by atoms with E-state index >= 15 is 0 Å². The van der Waals surface area contributed by atoms with Crippen molar-refractivity contribution in [2.75, 3.05) is 13.1 Å². The normalized spacial score (nSPS) is 24.9. The molecule has 17 heavy (non-hydrogen) atoms. The van der Waals surface area contributed by atoms with E-state index in [1.165, 1.54) is 37.9 Å². The first-order chi connectivity index (χ1) is 8.45. The summed E-state index contributed by atoms with van der Waals surface area (Å²) < 4.78 is 0. The van der Waals surface area contributed by atoms with Crippen LogP contribution in [0, 0.1) is 0 Å². The Hall–Kier alpha value is -1.48. The Balaban J connectivity index is 1.77. The van der Waals surface area contributed by atoms with E-state index in [1.807, 2.05) is 6.20 Å². The van der Waals surface area contributed by atoms with E-state index in [0.717, 1.165) is 0 Å². The fraction of sp³-hybridized carbons (Fsp3) is 0.429. The molecule has 1 atom stereocenters. The van der Waals surface area contributed by atoms with Crippen LogP contribution in [-0.4, -0.2) is 23.1 Å². The first-order valence-electron chi connectivity index (χ1n) is 6.46. The van der Waals surface area contributed by atoms with Gasteiger partial charge >= 0.3 is 0 Å². The van der Waals surface area contributed by atoms with Crippen LogP contribution in [0.15, 0.2) is 42.7 Å². The zero-order valence-corrected chi connectivity index (χ0v) is 10.0. The predicted molar refractivity (Wildman–Crippen MR) is 68.7 cm³/mol. The summed E-state index contributed by atoms with van der Waals surface area (Å²) in [6.07, 6.45) is 8.47. The number of nitrogens with zero attached hydrogens (tertiary/aromatic N) is 2. The predicted octanol–water partition coefficient (Wildman–Crippen LogP) is 2.46. The highest BCUT2D eigenvalue weighted by molar-refractivity contribution is 5.21. The Morgan fingerprint density at radius 1 is 1.00 bits per heavy atom. The number of nitrogens with one attached hydrogen (secondary N) is 1. The Bertz CT molecular complexity index is 382. The molecule has 0 bridgehead atoms. The molecule has 3 nitrogen and oxygen atoms in total. The van der Waals surface area contributed by atoms with Crippen molar-refractivity contribution in [3.8, 4) is 0 Å². The van der Waals surface area contributed by atoms with Crippen LogP contribution in [0.25, 0.3) is 0 Å². The molecule has 0 radical (unpaired) electrons. The molecule has 0 saturated carbocycles. The molecule has 0 aromatic heterocycles. The number of piperidine rings is 1. The fourth-order valence-corrected chi connectivity index (χ4v) is 2.62. The van der Waals surface area contributed by atoms with E-state index in [4.69, 9.17) is 0 Å². The highest BCUT2D eigenvalue weighted by Gasteiger charge is 2.26. The average molecular weight is 229 g/mol. The van der Waals surface area contributed by atoms with Gasteiger partial charge in [-0.05, 0) is 18.4 Å². The lowest BCUT2D eigenvalue weighted by Crippen LogP contribution is -2.44. The van der Waals surface area contributed by atoms with Crippen LogP contribution in [0.2, 0.25) is 0 Å². The minimum Gasteiger partial charge on any atom is -0.365 e. The van der Waals surface area contributed by atoms with Crippen molar-refractivity contribution in [1.29, 1.82) is 0 Å². The molecule has 3 rings (SSSR count). The van der Waals surface area contributed by atoms with Gasteiger partial charge < -0.3 is 5.32 Å². The minimum absolute atomic E-state index is 0.272. The maximum atomic E-state index is 3.42. The SMILES string of the molecule is C1=CN(N2CCCCC2)C(c2ccccc2)N1. The second-order valence-corrected chi connectivity index (χ2v) is 4.69. The van der Waals surface area contributed by atoms with Gasteiger partial charge in [0, 0.05) is 25.5 Å². The summed E-state index contributed by atoms with van der Waals surface area (Å²) in [7, 11) is 0. The molecule has 1 aromatic rings. The summed E-state index contributed by atoms with van der Waals surface area (Å²) in [6.45, 7) is 2.35. The number of hydrogen-bond acceptors (Lipinski definition) is 3. The van der Waals surface area contributed by atoms with Crippen molar-refractivity contribution >= 4 is 0 Å². The van der Waals surface area contributed by atoms with Gasteiger partial charge in [-0.15, -0.1) is 0 Å². The molecule has 1 unspecified atom stereocenters. The van der Waals surface area contributed by atoms with E-state index in [2.05, 4.69) is 51.9 Å². The van der Waals surface area contributed by atoms with Crippen LogP contribution in [-0.2, 0) is 0 Å². The molecule has 90 valence electrons. The van der Waals surface area contributed by atoms with E-state index < -0.39 is 0 Å². The molecule has 1 fully saturated rings. The summed E-state index contributed by atoms with van der Waals surface area (Å²) in [5.74, 6) is 0. The van der Waals surface area contributed by atoms with Crippen LogP contribution >= 0.6 is 0 Å². The Labute approximate surface area is 103 Å². The van der Waals surface area contributed by atoms with E-state index in [1.54, 1.807) is 0 Å². The maximum absolute atomic E-state index is 3.42. The number of rotatable bonds is 2. The number of benzene rings is 1. The molecule has 3 heteroatoms. The topological polar surface area (TPSA) is 18.5 Å². The average Bonchev–Trinajstić information content (AvgIpc) is 2.90. The van der Waals surface area contributed by atoms with Crippen LogP contribution in [0.3, 0.4) is 0 Å². The fourth-order valence-electron chi connectivity index (χ4n) is 2.62. The molecule has 1 saturated heterocycles. The molecule has 0 amide bonds. The molecule has 2 aliphatic rings. The zero-order chi connectivity index (χ0) is 11.5. The van der Waals surface area contributed by atoms with Crippen molar-refractivity contribution in [3.63, 3.8) is 0 Å². The first-order valence-corrected chi connectivity index (χ1v) is 6.46. The van der Waals surface area contributed by atoms with E-state index in [-0.39, 0.29) is 6.17 Å². The standard InChI is InChI=1S/C14H19N3/c1-3-7-13(8-4-1)14-15-9-12-17(14)16-10-5-2-6-11-16/h1,3-4,7-9,12,14-15H,2,5-6,10-11H2. The lowest BCUT2D eigenvalue weighted by molar-refractivity contribution is -0.0275. The van der Waals surface area contributed by atoms with Gasteiger partial charge in [-0.3, -0.25) is 5.01 Å². The third-order valence-corrected chi connectivity index (χ3v) is 3.52. The minimum atomic E-state index is 0.272. The molecule has 0 aliphatic carbocycles. The Morgan fingerprint density at radius 3 is 2.53 bits per heavy atom. The lowest BCUT2D eigenvalue weighted by Gasteiger charge is -2.38. The molecule has 2 aliphatic heterocycles. The van der Waals surface area contributed by atoms with Crippen LogP contribution < -0.4 is 5.32 Å². The van der Waals surface area contributed by atoms with E-state index in [9.17, 15) is 0 Å². The molecule has 0 spiro atoms. The van der Waals surface area contributed by atoms with Crippen molar-refractivity contribution in [1.82, 2.24) is 15.3 Å². The smallest absolute Gasteiger partial charge is 0.139 e. The Kier molecular flexibility index (Phi) is 3.01. The largest absolute Gasteiger partial charge is 0.365 e. The molecule has 2 heterocycles. The molecular weight excluding hydrogens is 210 g/mol. The number of hydrogen-bond donors (Lipinski definition) is 1. The second kappa shape index (κ2) is 4.80. The quantitative estimate of drug-likeness (QED) is 0.840. The van der Waals surface area contributed by atoms with Gasteiger partial charge in [-0.2, -0.15) is 0 Å². The summed E-state index contributed by atoms with van der Waals surface area (Å²) >= 11 is 0. The van der Waals surface area contributed by atoms with Crippen molar-refractivity contribution < 1.29 is 0 Å². The molecular formula is C14H19N3. The van der Waals surface area contributed by atoms with Gasteiger partial charge in [-0.1, -0.05) is 36.8 Å². The highest BCUT2D eigenvalue weighted by atomic mass is 15.7. The maximum Gasteiger partial charge on any atom is 0.139 e. The monoisotopic (exact) mass is 229 g/mol. The van der Waals surface area contributed by atoms with Gasteiger partial charge in [0.05, 0.1) is 0 Å². The third kappa shape index (κ3) is 2.15. The van der Waals surface area contributed by atoms with Crippen molar-refractivity contribution in [2.24, 2.45) is 0 Å². The first kappa shape index (κ1) is 10.7. The zero-order valence-electron chi connectivity index (χ0n) is 10.0. The lowest BCUT2D eigenvalue weighted by atomic mass is 10.1. The van der Waals surface area contributed by atoms with Gasteiger partial charge in [0.15, 0.2) is 0 Å². The highest BCUT2D eigenvalue weighted by Crippen LogP contribution is 2.26. The van der Waals surface area contributed by atoms with Gasteiger partial charge in [0.1, 0.15) is 6.17 Å². The van der Waals surface area contributed by atoms with Crippen LogP contribution in [0.4, 0.5) is 0 Å². The van der Waals surface area contributed by atoms with Crippen molar-refractivity contribution in [2.45, 2.75) is 25.4 Å². The molecule has 1 aromatic carbocycles. The Morgan fingerprint density at radius 2 is 1.76 bits per heavy atom. The summed E-state index contributed by atoms with van der Waals surface area (Å²) in [6, 6.07) is 10.6. The second-order valence-electron chi connectivity index (χ2n) is 4.69. The van der Waals surface area contributed by atoms with Crippen molar-refractivity contribution in [3.05, 3.63) is 48.3 Å². The van der Waals surface area contributed by atoms with Gasteiger partial charge in [0.25, 0.3) is 0 Å². The summed E-state index contributed by atoms with van der Waals surface area (Å²) in [5.41, 5.74) is 1.32. The summed E-state index contributed by atoms with van der Waals surface area (Å²) in [4.78, 5) is 0.